The minimum Gasteiger partial charge on any atom is -0.457 e. The largest absolute Gasteiger partial charge is 0.457 e. The van der Waals surface area contributed by atoms with Gasteiger partial charge in [-0.15, -0.1) is 0 Å². The monoisotopic (exact) mass is 390 g/mol. The van der Waals surface area contributed by atoms with E-state index in [1.54, 1.807) is 6.07 Å². The Kier molecular flexibility index (Phi) is 5.52. The number of para-hydroxylation sites is 1. The van der Waals surface area contributed by atoms with Gasteiger partial charge in [-0.1, -0.05) is 18.2 Å². The van der Waals surface area contributed by atoms with Gasteiger partial charge in [-0.25, -0.2) is 13.2 Å². The molecule has 1 fully saturated rings. The fraction of sp³-hybridized carbons (Fsp3) is 0.278. The molecular weight excluding hydrogens is 372 g/mol. The molecule has 3 rings (SSSR count). The van der Waals surface area contributed by atoms with Crippen LogP contribution in [-0.4, -0.2) is 36.7 Å². The maximum Gasteiger partial charge on any atom is 0.338 e. The third-order valence-corrected chi connectivity index (χ3v) is 6.21. The van der Waals surface area contributed by atoms with Crippen LogP contribution in [0.3, 0.4) is 0 Å². The summed E-state index contributed by atoms with van der Waals surface area (Å²) in [7, 11) is -3.64. The lowest BCUT2D eigenvalue weighted by atomic mass is 10.2. The van der Waals surface area contributed by atoms with Crippen molar-refractivity contribution >= 4 is 21.7 Å². The molecule has 0 unspecified atom stereocenters. The van der Waals surface area contributed by atoms with Gasteiger partial charge in [0.05, 0.1) is 20.9 Å². The van der Waals surface area contributed by atoms with E-state index in [1.165, 1.54) is 46.8 Å². The summed E-state index contributed by atoms with van der Waals surface area (Å²) in [5.74, 6) is -0.744. The molecule has 1 aliphatic heterocycles. The van der Waals surface area contributed by atoms with Crippen molar-refractivity contribution in [3.63, 3.8) is 0 Å². The minimum atomic E-state index is -3.64. The Morgan fingerprint density at radius 1 is 1.11 bits per heavy atom. The number of rotatable bonds is 6. The Bertz CT molecular complexity index is 967. The molecule has 2 aromatic carbocycles. The summed E-state index contributed by atoms with van der Waals surface area (Å²) in [5, 5.41) is 11.0. The number of ether oxygens (including phenoxy) is 1. The molecule has 1 heterocycles. The molecular formula is C18H18N2O6S. The second kappa shape index (κ2) is 7.85. The van der Waals surface area contributed by atoms with E-state index in [9.17, 15) is 23.3 Å². The molecule has 9 heteroatoms. The predicted octanol–water partition coefficient (Wildman–Crippen LogP) is 2.74. The molecule has 1 aliphatic rings. The minimum absolute atomic E-state index is 0.0320. The van der Waals surface area contributed by atoms with Crippen LogP contribution < -0.4 is 0 Å². The second-order valence-electron chi connectivity index (χ2n) is 6.10. The molecule has 142 valence electrons. The molecule has 2 aromatic rings. The summed E-state index contributed by atoms with van der Waals surface area (Å²) < 4.78 is 31.8. The number of carbonyl (C=O) groups is 1. The second-order valence-corrected chi connectivity index (χ2v) is 8.04. The molecule has 8 nitrogen and oxygen atoms in total. The van der Waals surface area contributed by atoms with E-state index >= 15 is 0 Å². The molecule has 0 aromatic heterocycles. The topological polar surface area (TPSA) is 107 Å². The van der Waals surface area contributed by atoms with E-state index in [0.29, 0.717) is 13.1 Å². The van der Waals surface area contributed by atoms with Crippen LogP contribution in [0.2, 0.25) is 0 Å². The average molecular weight is 390 g/mol. The number of nitrogens with zero attached hydrogens (tertiary/aromatic N) is 2. The Labute approximate surface area is 156 Å². The Hall–Kier alpha value is -2.78. The highest BCUT2D eigenvalue weighted by atomic mass is 32.2. The zero-order chi connectivity index (χ0) is 19.4. The van der Waals surface area contributed by atoms with Crippen molar-refractivity contribution in [2.75, 3.05) is 13.1 Å². The molecule has 0 N–H and O–H groups in total. The van der Waals surface area contributed by atoms with Crippen LogP contribution in [0.25, 0.3) is 0 Å². The number of hydrogen-bond donors (Lipinski definition) is 0. The van der Waals surface area contributed by atoms with Gasteiger partial charge in [-0.2, -0.15) is 4.31 Å². The molecule has 0 amide bonds. The molecule has 0 aliphatic carbocycles. The first-order chi connectivity index (χ1) is 12.9. The van der Waals surface area contributed by atoms with Gasteiger partial charge in [0, 0.05) is 19.2 Å². The quantitative estimate of drug-likeness (QED) is 0.426. The van der Waals surface area contributed by atoms with Gasteiger partial charge in [-0.3, -0.25) is 10.1 Å². The number of nitro groups is 1. The highest BCUT2D eigenvalue weighted by molar-refractivity contribution is 7.89. The lowest BCUT2D eigenvalue weighted by Crippen LogP contribution is -2.28. The molecule has 0 spiro atoms. The highest BCUT2D eigenvalue weighted by Gasteiger charge is 2.27. The number of sulfonamides is 1. The third-order valence-electron chi connectivity index (χ3n) is 4.32. The average Bonchev–Trinajstić information content (AvgIpc) is 3.22. The normalized spacial score (nSPS) is 14.8. The molecule has 0 radical (unpaired) electrons. The molecule has 0 atom stereocenters. The molecule has 0 bridgehead atoms. The van der Waals surface area contributed by atoms with Crippen molar-refractivity contribution < 1.29 is 22.9 Å². The van der Waals surface area contributed by atoms with Crippen LogP contribution in [0.15, 0.2) is 53.4 Å². The zero-order valence-electron chi connectivity index (χ0n) is 14.4. The SMILES string of the molecule is O=C(OCc1ccccc1[N+](=O)[O-])c1cccc(S(=O)(=O)N2CCCC2)c1. The van der Waals surface area contributed by atoms with Crippen LogP contribution in [0.4, 0.5) is 5.69 Å². The first kappa shape index (κ1) is 19.0. The summed E-state index contributed by atoms with van der Waals surface area (Å²) in [6.07, 6.45) is 1.63. The summed E-state index contributed by atoms with van der Waals surface area (Å²) in [6, 6.07) is 11.6. The Morgan fingerprint density at radius 2 is 1.81 bits per heavy atom. The third kappa shape index (κ3) is 4.15. The van der Waals surface area contributed by atoms with Crippen LogP contribution >= 0.6 is 0 Å². The smallest absolute Gasteiger partial charge is 0.338 e. The van der Waals surface area contributed by atoms with Crippen LogP contribution in [0, 0.1) is 10.1 Å². The van der Waals surface area contributed by atoms with E-state index in [4.69, 9.17) is 4.74 Å². The first-order valence-electron chi connectivity index (χ1n) is 8.39. The van der Waals surface area contributed by atoms with Gasteiger partial charge >= 0.3 is 5.97 Å². The lowest BCUT2D eigenvalue weighted by Gasteiger charge is -2.15. The summed E-state index contributed by atoms with van der Waals surface area (Å²) in [6.45, 7) is 0.655. The maximum absolute atomic E-state index is 12.6. The predicted molar refractivity (Wildman–Crippen MR) is 96.7 cm³/mol. The van der Waals surface area contributed by atoms with Crippen molar-refractivity contribution in [3.8, 4) is 0 Å². The van der Waals surface area contributed by atoms with Crippen LogP contribution in [0.1, 0.15) is 28.8 Å². The highest BCUT2D eigenvalue weighted by Crippen LogP contribution is 2.23. The summed E-state index contributed by atoms with van der Waals surface area (Å²) in [5.41, 5.74) is 0.196. The molecule has 0 saturated carbocycles. The van der Waals surface area contributed by atoms with Crippen molar-refractivity contribution in [2.24, 2.45) is 0 Å². The fourth-order valence-corrected chi connectivity index (χ4v) is 4.46. The van der Waals surface area contributed by atoms with E-state index < -0.39 is 20.9 Å². The fourth-order valence-electron chi connectivity index (χ4n) is 2.90. The lowest BCUT2D eigenvalue weighted by molar-refractivity contribution is -0.385. The van der Waals surface area contributed by atoms with E-state index in [0.717, 1.165) is 12.8 Å². The standard InChI is InChI=1S/C18H18N2O6S/c21-18(26-13-15-6-1-2-9-17(15)20(22)23)14-7-5-8-16(12-14)27(24,25)19-10-3-4-11-19/h1-2,5-9,12H,3-4,10-11,13H2. The molecule has 27 heavy (non-hydrogen) atoms. The number of esters is 1. The van der Waals surface area contributed by atoms with Gasteiger partial charge in [-0.05, 0) is 37.1 Å². The van der Waals surface area contributed by atoms with Crippen molar-refractivity contribution in [2.45, 2.75) is 24.3 Å². The van der Waals surface area contributed by atoms with Gasteiger partial charge in [0.15, 0.2) is 0 Å². The van der Waals surface area contributed by atoms with Gasteiger partial charge in [0.25, 0.3) is 5.69 Å². The van der Waals surface area contributed by atoms with E-state index in [2.05, 4.69) is 0 Å². The Balaban J connectivity index is 1.76. The summed E-state index contributed by atoms with van der Waals surface area (Å²) >= 11 is 0. The van der Waals surface area contributed by atoms with Crippen molar-refractivity contribution in [1.29, 1.82) is 0 Å². The number of nitro benzene ring substituents is 1. The van der Waals surface area contributed by atoms with Crippen molar-refractivity contribution in [1.82, 2.24) is 4.31 Å². The number of benzene rings is 2. The van der Waals surface area contributed by atoms with Crippen LogP contribution in [-0.2, 0) is 21.4 Å². The maximum atomic E-state index is 12.6. The van der Waals surface area contributed by atoms with E-state index in [1.807, 2.05) is 0 Å². The number of carbonyl (C=O) groups excluding carboxylic acids is 1. The van der Waals surface area contributed by atoms with Gasteiger partial charge in [0.1, 0.15) is 6.61 Å². The Morgan fingerprint density at radius 3 is 2.52 bits per heavy atom. The van der Waals surface area contributed by atoms with E-state index in [-0.39, 0.29) is 28.3 Å². The zero-order valence-corrected chi connectivity index (χ0v) is 15.2. The van der Waals surface area contributed by atoms with Gasteiger partial charge < -0.3 is 4.74 Å². The molecule has 1 saturated heterocycles. The number of hydrogen-bond acceptors (Lipinski definition) is 6. The van der Waals surface area contributed by atoms with Crippen molar-refractivity contribution in [3.05, 3.63) is 69.8 Å². The van der Waals surface area contributed by atoms with Crippen LogP contribution in [0.5, 0.6) is 0 Å². The summed E-state index contributed by atoms with van der Waals surface area (Å²) in [4.78, 5) is 22.8. The first-order valence-corrected chi connectivity index (χ1v) is 9.83. The van der Waals surface area contributed by atoms with Gasteiger partial charge in [0.2, 0.25) is 10.0 Å².